The van der Waals surface area contributed by atoms with Crippen molar-refractivity contribution in [2.24, 2.45) is 0 Å². The Morgan fingerprint density at radius 3 is 2.95 bits per heavy atom. The molecule has 0 aliphatic heterocycles. The van der Waals surface area contributed by atoms with E-state index in [1.807, 2.05) is 18.3 Å². The van der Waals surface area contributed by atoms with Gasteiger partial charge in [-0.15, -0.1) is 0 Å². The molecule has 0 atom stereocenters. The number of thiocarbonyl (C=S) groups is 1. The van der Waals surface area contributed by atoms with Crippen molar-refractivity contribution in [3.8, 4) is 0 Å². The summed E-state index contributed by atoms with van der Waals surface area (Å²) in [6.07, 6.45) is 6.93. The highest BCUT2D eigenvalue weighted by atomic mass is 32.1. The van der Waals surface area contributed by atoms with E-state index < -0.39 is 0 Å². The van der Waals surface area contributed by atoms with Crippen molar-refractivity contribution in [3.05, 3.63) is 30.5 Å². The molecule has 0 unspecified atom stereocenters. The number of hydrogen-bond acceptors (Lipinski definition) is 1. The number of unbranched alkanes of at least 4 members (excludes halogenated alkanes) is 3. The van der Waals surface area contributed by atoms with Gasteiger partial charge >= 0.3 is 0 Å². The highest BCUT2D eigenvalue weighted by Crippen LogP contribution is 2.21. The Labute approximate surface area is 119 Å². The van der Waals surface area contributed by atoms with Gasteiger partial charge in [0.1, 0.15) is 0 Å². The van der Waals surface area contributed by atoms with Crippen LogP contribution in [0.4, 0.5) is 5.69 Å². The minimum absolute atomic E-state index is 0.693. The van der Waals surface area contributed by atoms with Crippen molar-refractivity contribution >= 4 is 33.9 Å². The van der Waals surface area contributed by atoms with Gasteiger partial charge in [-0.2, -0.15) is 0 Å². The molecule has 0 saturated heterocycles. The molecule has 102 valence electrons. The van der Waals surface area contributed by atoms with Gasteiger partial charge in [0.25, 0.3) is 0 Å². The number of nitrogens with one attached hydrogen (secondary N) is 3. The molecular weight excluding hydrogens is 254 g/mol. The van der Waals surface area contributed by atoms with Crippen molar-refractivity contribution in [3.63, 3.8) is 0 Å². The molecule has 4 heteroatoms. The van der Waals surface area contributed by atoms with E-state index in [0.717, 1.165) is 17.7 Å². The van der Waals surface area contributed by atoms with Crippen LogP contribution in [0.3, 0.4) is 0 Å². The number of rotatable bonds is 6. The van der Waals surface area contributed by atoms with Crippen LogP contribution in [0.1, 0.15) is 32.6 Å². The number of para-hydroxylation sites is 1. The molecule has 0 aliphatic rings. The highest BCUT2D eigenvalue weighted by Gasteiger charge is 2.03. The Bertz CT molecular complexity index is 533. The maximum Gasteiger partial charge on any atom is 0.170 e. The molecule has 0 aliphatic carbocycles. The molecule has 0 saturated carbocycles. The zero-order chi connectivity index (χ0) is 13.5. The monoisotopic (exact) mass is 275 g/mol. The minimum Gasteiger partial charge on any atom is -0.362 e. The van der Waals surface area contributed by atoms with Crippen molar-refractivity contribution in [1.29, 1.82) is 0 Å². The van der Waals surface area contributed by atoms with Gasteiger partial charge in [0, 0.05) is 18.1 Å². The molecule has 0 spiro atoms. The van der Waals surface area contributed by atoms with Gasteiger partial charge in [-0.05, 0) is 30.8 Å². The van der Waals surface area contributed by atoms with Crippen LogP contribution in [0, 0.1) is 0 Å². The van der Waals surface area contributed by atoms with Gasteiger partial charge in [0.2, 0.25) is 0 Å². The molecule has 0 fully saturated rings. The van der Waals surface area contributed by atoms with Gasteiger partial charge in [0.05, 0.1) is 11.2 Å². The second-order valence-electron chi connectivity index (χ2n) is 4.69. The Kier molecular flexibility index (Phi) is 5.21. The minimum atomic E-state index is 0.693. The Morgan fingerprint density at radius 1 is 1.21 bits per heavy atom. The fourth-order valence-electron chi connectivity index (χ4n) is 2.11. The van der Waals surface area contributed by atoms with E-state index in [1.54, 1.807) is 0 Å². The van der Waals surface area contributed by atoms with Crippen molar-refractivity contribution in [2.45, 2.75) is 32.6 Å². The molecule has 0 amide bonds. The van der Waals surface area contributed by atoms with E-state index in [9.17, 15) is 0 Å². The zero-order valence-electron chi connectivity index (χ0n) is 11.3. The summed E-state index contributed by atoms with van der Waals surface area (Å²) in [5.41, 5.74) is 2.12. The lowest BCUT2D eigenvalue weighted by Gasteiger charge is -2.11. The largest absolute Gasteiger partial charge is 0.362 e. The van der Waals surface area contributed by atoms with E-state index in [2.05, 4.69) is 34.7 Å². The van der Waals surface area contributed by atoms with Crippen LogP contribution in [-0.2, 0) is 0 Å². The number of aromatic nitrogens is 1. The summed E-state index contributed by atoms with van der Waals surface area (Å²) in [5.74, 6) is 0. The fourth-order valence-corrected chi connectivity index (χ4v) is 2.32. The van der Waals surface area contributed by atoms with Crippen LogP contribution < -0.4 is 10.6 Å². The van der Waals surface area contributed by atoms with Gasteiger partial charge in [0.15, 0.2) is 5.11 Å². The number of benzene rings is 1. The Morgan fingerprint density at radius 2 is 2.11 bits per heavy atom. The molecule has 2 aromatic rings. The van der Waals surface area contributed by atoms with Crippen LogP contribution >= 0.6 is 12.2 Å². The number of hydrogen-bond donors (Lipinski definition) is 3. The van der Waals surface area contributed by atoms with Crippen LogP contribution in [0.25, 0.3) is 10.9 Å². The normalized spacial score (nSPS) is 10.6. The molecule has 1 heterocycles. The summed E-state index contributed by atoms with van der Waals surface area (Å²) >= 11 is 5.31. The topological polar surface area (TPSA) is 39.8 Å². The maximum absolute atomic E-state index is 5.31. The predicted octanol–water partition coefficient (Wildman–Crippen LogP) is 4.03. The van der Waals surface area contributed by atoms with E-state index in [0.29, 0.717) is 5.11 Å². The summed E-state index contributed by atoms with van der Waals surface area (Å²) in [6, 6.07) is 8.20. The van der Waals surface area contributed by atoms with Crippen molar-refractivity contribution in [2.75, 3.05) is 11.9 Å². The molecule has 0 bridgehead atoms. The van der Waals surface area contributed by atoms with Crippen molar-refractivity contribution < 1.29 is 0 Å². The quantitative estimate of drug-likeness (QED) is 0.550. The molecule has 3 nitrogen and oxygen atoms in total. The number of H-pyrrole nitrogens is 1. The maximum atomic E-state index is 5.31. The molecular formula is C15H21N3S. The lowest BCUT2D eigenvalue weighted by Crippen LogP contribution is -2.29. The first-order chi connectivity index (χ1) is 9.31. The third-order valence-corrected chi connectivity index (χ3v) is 3.40. The van der Waals surface area contributed by atoms with Crippen LogP contribution in [-0.4, -0.2) is 16.6 Å². The second kappa shape index (κ2) is 7.14. The summed E-state index contributed by atoms with van der Waals surface area (Å²) < 4.78 is 0. The standard InChI is InChI=1S/C15H21N3S/c1-2-3-4-5-10-17-15(19)18-13-8-6-7-12-9-11-16-14(12)13/h6-9,11,16H,2-5,10H2,1H3,(H2,17,18,19). The van der Waals surface area contributed by atoms with E-state index in [4.69, 9.17) is 12.2 Å². The van der Waals surface area contributed by atoms with E-state index in [1.165, 1.54) is 31.1 Å². The lowest BCUT2D eigenvalue weighted by atomic mass is 10.2. The first-order valence-corrected chi connectivity index (χ1v) is 7.33. The average Bonchev–Trinajstić information content (AvgIpc) is 2.88. The number of fused-ring (bicyclic) bond motifs is 1. The zero-order valence-corrected chi connectivity index (χ0v) is 12.1. The molecule has 3 N–H and O–H groups in total. The van der Waals surface area contributed by atoms with E-state index in [-0.39, 0.29) is 0 Å². The summed E-state index contributed by atoms with van der Waals surface area (Å²) in [7, 11) is 0. The third-order valence-electron chi connectivity index (χ3n) is 3.15. The summed E-state index contributed by atoms with van der Waals surface area (Å²) in [4.78, 5) is 3.23. The van der Waals surface area contributed by atoms with Gasteiger partial charge < -0.3 is 15.6 Å². The molecule has 1 aromatic heterocycles. The molecule has 2 rings (SSSR count). The van der Waals surface area contributed by atoms with Gasteiger partial charge in [-0.1, -0.05) is 38.3 Å². The van der Waals surface area contributed by atoms with Crippen LogP contribution in [0.2, 0.25) is 0 Å². The summed E-state index contributed by atoms with van der Waals surface area (Å²) in [5, 5.41) is 8.39. The molecule has 1 aromatic carbocycles. The van der Waals surface area contributed by atoms with Gasteiger partial charge in [-0.25, -0.2) is 0 Å². The average molecular weight is 275 g/mol. The van der Waals surface area contributed by atoms with Gasteiger partial charge in [-0.3, -0.25) is 0 Å². The lowest BCUT2D eigenvalue weighted by molar-refractivity contribution is 0.655. The SMILES string of the molecule is CCCCCCNC(=S)Nc1cccc2cc[nH]c12. The predicted molar refractivity (Wildman–Crippen MR) is 86.7 cm³/mol. The van der Waals surface area contributed by atoms with E-state index >= 15 is 0 Å². The molecule has 19 heavy (non-hydrogen) atoms. The summed E-state index contributed by atoms with van der Waals surface area (Å²) in [6.45, 7) is 3.16. The Hall–Kier alpha value is -1.55. The Balaban J connectivity index is 1.83. The van der Waals surface area contributed by atoms with Crippen LogP contribution in [0.5, 0.6) is 0 Å². The highest BCUT2D eigenvalue weighted by molar-refractivity contribution is 7.80. The second-order valence-corrected chi connectivity index (χ2v) is 5.10. The number of anilines is 1. The fraction of sp³-hybridized carbons (Fsp3) is 0.400. The third kappa shape index (κ3) is 3.96. The first kappa shape index (κ1) is 13.9. The van der Waals surface area contributed by atoms with Crippen molar-refractivity contribution in [1.82, 2.24) is 10.3 Å². The first-order valence-electron chi connectivity index (χ1n) is 6.92. The smallest absolute Gasteiger partial charge is 0.170 e. The van der Waals surface area contributed by atoms with Crippen LogP contribution in [0.15, 0.2) is 30.5 Å². The molecule has 0 radical (unpaired) electrons. The number of aromatic amines is 1.